The van der Waals surface area contributed by atoms with E-state index in [1.807, 2.05) is 0 Å². The van der Waals surface area contributed by atoms with Crippen LogP contribution in [0.15, 0.2) is 18.2 Å². The Bertz CT molecular complexity index is 258. The summed E-state index contributed by atoms with van der Waals surface area (Å²) in [6, 6.07) is 3.18. The van der Waals surface area contributed by atoms with E-state index < -0.39 is 17.7 Å². The van der Waals surface area contributed by atoms with Gasteiger partial charge in [0, 0.05) is 11.6 Å². The second-order valence-corrected chi connectivity index (χ2v) is 2.68. The summed E-state index contributed by atoms with van der Waals surface area (Å²) >= 11 is 5.25. The number of halogens is 3. The van der Waals surface area contributed by atoms with Crippen molar-refractivity contribution in [3.8, 4) is 0 Å². The highest BCUT2D eigenvalue weighted by Gasteiger charge is 2.14. The van der Waals surface area contributed by atoms with Crippen molar-refractivity contribution in [3.63, 3.8) is 0 Å². The van der Waals surface area contributed by atoms with Gasteiger partial charge in [0.2, 0.25) is 0 Å². The van der Waals surface area contributed by atoms with Gasteiger partial charge >= 0.3 is 0 Å². The van der Waals surface area contributed by atoms with Crippen LogP contribution in [0.5, 0.6) is 0 Å². The summed E-state index contributed by atoms with van der Waals surface area (Å²) in [5, 5.41) is 0. The topological polar surface area (TPSA) is 12.0 Å². The predicted molar refractivity (Wildman–Crippen MR) is 43.8 cm³/mol. The zero-order valence-corrected chi connectivity index (χ0v) is 7.20. The van der Waals surface area contributed by atoms with Crippen LogP contribution in [0.2, 0.25) is 0 Å². The van der Waals surface area contributed by atoms with Gasteiger partial charge in [-0.25, -0.2) is 13.6 Å². The number of hydrogen-bond donors (Lipinski definition) is 1. The largest absolute Gasteiger partial charge is 0.226 e. The van der Waals surface area contributed by atoms with E-state index in [4.69, 9.17) is 11.8 Å². The molecular formula is C8H8ClF2N. The van der Waals surface area contributed by atoms with Crippen molar-refractivity contribution in [2.24, 2.45) is 0 Å². The first-order valence-corrected chi connectivity index (χ1v) is 3.84. The first kappa shape index (κ1) is 9.42. The minimum absolute atomic E-state index is 0.0347. The molecule has 1 aromatic rings. The van der Waals surface area contributed by atoms with Crippen LogP contribution in [0.25, 0.3) is 0 Å². The first-order valence-electron chi connectivity index (χ1n) is 3.47. The average Bonchev–Trinajstić information content (AvgIpc) is 2.03. The van der Waals surface area contributed by atoms with E-state index >= 15 is 0 Å². The second kappa shape index (κ2) is 3.83. The molecule has 1 N–H and O–H groups in total. The van der Waals surface area contributed by atoms with Crippen molar-refractivity contribution < 1.29 is 8.78 Å². The summed E-state index contributed by atoms with van der Waals surface area (Å²) in [4.78, 5) is 2.26. The quantitative estimate of drug-likeness (QED) is 0.709. The third-order valence-corrected chi connectivity index (χ3v) is 1.92. The smallest absolute Gasteiger partial charge is 0.130 e. The highest BCUT2D eigenvalue weighted by atomic mass is 35.5. The average molecular weight is 192 g/mol. The molecule has 12 heavy (non-hydrogen) atoms. The lowest BCUT2D eigenvalue weighted by molar-refractivity contribution is 0.527. The molecule has 4 heteroatoms. The maximum atomic E-state index is 12.9. The SMILES string of the molecule is C[C@H](NCl)c1c(F)cccc1F. The minimum Gasteiger partial charge on any atom is -0.226 e. The predicted octanol–water partition coefficient (Wildman–Crippen LogP) is 2.77. The van der Waals surface area contributed by atoms with Gasteiger partial charge in [0.05, 0.1) is 0 Å². The fraction of sp³-hybridized carbons (Fsp3) is 0.250. The minimum atomic E-state index is -0.587. The van der Waals surface area contributed by atoms with E-state index in [1.165, 1.54) is 18.2 Å². The normalized spacial score (nSPS) is 13.0. The molecule has 0 unspecified atom stereocenters. The fourth-order valence-corrected chi connectivity index (χ4v) is 1.09. The molecule has 1 rings (SSSR count). The Balaban J connectivity index is 3.12. The molecule has 0 amide bonds. The summed E-state index contributed by atoms with van der Waals surface area (Å²) in [7, 11) is 0. The maximum Gasteiger partial charge on any atom is 0.130 e. The molecule has 0 aliphatic rings. The highest BCUT2D eigenvalue weighted by molar-refractivity contribution is 6.13. The lowest BCUT2D eigenvalue weighted by Gasteiger charge is -2.10. The van der Waals surface area contributed by atoms with Crippen LogP contribution in [0.1, 0.15) is 18.5 Å². The molecule has 0 spiro atoms. The molecule has 1 aromatic carbocycles. The first-order chi connectivity index (χ1) is 5.66. The van der Waals surface area contributed by atoms with Crippen molar-refractivity contribution in [1.82, 2.24) is 4.84 Å². The van der Waals surface area contributed by atoms with Gasteiger partial charge < -0.3 is 0 Å². The molecular weight excluding hydrogens is 184 g/mol. The Morgan fingerprint density at radius 2 is 1.83 bits per heavy atom. The molecule has 0 heterocycles. The van der Waals surface area contributed by atoms with E-state index in [1.54, 1.807) is 6.92 Å². The third kappa shape index (κ3) is 1.73. The molecule has 1 atom stereocenters. The number of benzene rings is 1. The fourth-order valence-electron chi connectivity index (χ4n) is 0.979. The van der Waals surface area contributed by atoms with E-state index in [9.17, 15) is 8.78 Å². The zero-order valence-electron chi connectivity index (χ0n) is 6.44. The van der Waals surface area contributed by atoms with Gasteiger partial charge in [-0.2, -0.15) is 0 Å². The van der Waals surface area contributed by atoms with E-state index in [2.05, 4.69) is 4.84 Å². The van der Waals surface area contributed by atoms with Crippen LogP contribution in [0.4, 0.5) is 8.78 Å². The lowest BCUT2D eigenvalue weighted by Crippen LogP contribution is -2.10. The van der Waals surface area contributed by atoms with Gasteiger partial charge in [-0.1, -0.05) is 6.07 Å². The van der Waals surface area contributed by atoms with Crippen LogP contribution in [-0.4, -0.2) is 0 Å². The number of rotatable bonds is 2. The van der Waals surface area contributed by atoms with Crippen molar-refractivity contribution in [2.45, 2.75) is 13.0 Å². The van der Waals surface area contributed by atoms with Gasteiger partial charge in [-0.05, 0) is 30.8 Å². The van der Waals surface area contributed by atoms with Gasteiger partial charge in [-0.15, -0.1) is 0 Å². The number of hydrogen-bond acceptors (Lipinski definition) is 1. The van der Waals surface area contributed by atoms with Crippen molar-refractivity contribution in [2.75, 3.05) is 0 Å². The van der Waals surface area contributed by atoms with E-state index in [0.717, 1.165) is 0 Å². The van der Waals surface area contributed by atoms with Crippen LogP contribution in [0, 0.1) is 11.6 Å². The second-order valence-electron chi connectivity index (χ2n) is 2.47. The standard InChI is InChI=1S/C8H8ClF2N/c1-5(12-9)8-6(10)3-2-4-7(8)11/h2-5,12H,1H3/t5-/m0/s1. The zero-order chi connectivity index (χ0) is 9.14. The monoisotopic (exact) mass is 191 g/mol. The van der Waals surface area contributed by atoms with Crippen LogP contribution < -0.4 is 4.84 Å². The van der Waals surface area contributed by atoms with E-state index in [0.29, 0.717) is 0 Å². The molecule has 0 aliphatic heterocycles. The summed E-state index contributed by atoms with van der Waals surface area (Å²) in [5.41, 5.74) is -0.0347. The van der Waals surface area contributed by atoms with Crippen LogP contribution in [-0.2, 0) is 0 Å². The Kier molecular flexibility index (Phi) is 3.00. The van der Waals surface area contributed by atoms with Gasteiger partial charge in [0.15, 0.2) is 0 Å². The van der Waals surface area contributed by atoms with E-state index in [-0.39, 0.29) is 5.56 Å². The number of nitrogens with one attached hydrogen (secondary N) is 1. The highest BCUT2D eigenvalue weighted by Crippen LogP contribution is 2.20. The van der Waals surface area contributed by atoms with Gasteiger partial charge in [0.1, 0.15) is 11.6 Å². The molecule has 0 bridgehead atoms. The Hall–Kier alpha value is -0.670. The molecule has 0 fully saturated rings. The van der Waals surface area contributed by atoms with Crippen LogP contribution in [0.3, 0.4) is 0 Å². The van der Waals surface area contributed by atoms with Crippen molar-refractivity contribution >= 4 is 11.8 Å². The molecule has 0 radical (unpaired) electrons. The molecule has 0 saturated heterocycles. The Labute approximate surface area is 74.5 Å². The molecule has 1 nitrogen and oxygen atoms in total. The molecule has 0 aromatic heterocycles. The Morgan fingerprint density at radius 3 is 2.25 bits per heavy atom. The molecule has 0 saturated carbocycles. The third-order valence-electron chi connectivity index (χ3n) is 1.60. The summed E-state index contributed by atoms with van der Waals surface area (Å²) < 4.78 is 25.9. The molecule has 0 aliphatic carbocycles. The molecule has 66 valence electrons. The summed E-state index contributed by atoms with van der Waals surface area (Å²) in [5.74, 6) is -1.17. The summed E-state index contributed by atoms with van der Waals surface area (Å²) in [6.45, 7) is 1.58. The van der Waals surface area contributed by atoms with Gasteiger partial charge in [0.25, 0.3) is 0 Å². The van der Waals surface area contributed by atoms with Crippen molar-refractivity contribution in [3.05, 3.63) is 35.4 Å². The summed E-state index contributed by atoms with van der Waals surface area (Å²) in [6.07, 6.45) is 0. The maximum absolute atomic E-state index is 12.9. The van der Waals surface area contributed by atoms with Gasteiger partial charge in [-0.3, -0.25) is 0 Å². The Morgan fingerprint density at radius 1 is 1.33 bits per heavy atom. The van der Waals surface area contributed by atoms with Crippen LogP contribution >= 0.6 is 11.8 Å². The lowest BCUT2D eigenvalue weighted by atomic mass is 10.1. The van der Waals surface area contributed by atoms with Crippen molar-refractivity contribution in [1.29, 1.82) is 0 Å².